The number of rotatable bonds is 37. The summed E-state index contributed by atoms with van der Waals surface area (Å²) >= 11 is 0. The van der Waals surface area contributed by atoms with E-state index in [2.05, 4.69) is 54.5 Å². The van der Waals surface area contributed by atoms with Crippen molar-refractivity contribution in [3.8, 4) is 0 Å². The highest BCUT2D eigenvalue weighted by atomic mass is 32.3. The third kappa shape index (κ3) is 28.7. The second-order valence-corrected chi connectivity index (χ2v) is 16.0. The minimum absolute atomic E-state index is 0.0287. The van der Waals surface area contributed by atoms with Gasteiger partial charge in [-0.15, -0.1) is 0 Å². The first kappa shape index (κ1) is 52.3. The SMILES string of the molecule is CCC/C=C\CCCCCCCC(=O)OC(COCCCCCCCCCC/C=C\C/C=C\CCCCCC)COC1OC(CO)C(O)C(OS(=O)(=O)O)C1O. The number of unbranched alkanes of at least 4 members (excludes halogenated alkanes) is 18. The molecule has 1 aliphatic rings. The van der Waals surface area contributed by atoms with E-state index in [4.69, 9.17) is 23.5 Å². The van der Waals surface area contributed by atoms with Crippen molar-refractivity contribution >= 4 is 16.4 Å². The fraction of sp³-hybridized carbons (Fsp3) is 0.837. The summed E-state index contributed by atoms with van der Waals surface area (Å²) in [7, 11) is -5.06. The van der Waals surface area contributed by atoms with Gasteiger partial charge in [-0.1, -0.05) is 134 Å². The molecule has 1 rings (SSSR count). The van der Waals surface area contributed by atoms with Gasteiger partial charge in [0.05, 0.1) is 19.8 Å². The quantitative estimate of drug-likeness (QED) is 0.0203. The monoisotopic (exact) mass is 819 g/mol. The summed E-state index contributed by atoms with van der Waals surface area (Å²) < 4.78 is 58.9. The average molecular weight is 819 g/mol. The first-order valence-corrected chi connectivity index (χ1v) is 23.1. The molecule has 1 saturated heterocycles. The molecular formula is C43H78O12S. The normalized spacial score (nSPS) is 21.1. The van der Waals surface area contributed by atoms with Gasteiger partial charge >= 0.3 is 16.4 Å². The second-order valence-electron chi connectivity index (χ2n) is 14.9. The number of aliphatic hydroxyl groups is 3. The maximum Gasteiger partial charge on any atom is 0.397 e. The lowest BCUT2D eigenvalue weighted by atomic mass is 9.99. The van der Waals surface area contributed by atoms with Crippen molar-refractivity contribution in [2.45, 2.75) is 205 Å². The number of carbonyl (C=O) groups is 1. The Hall–Kier alpha value is -1.68. The summed E-state index contributed by atoms with van der Waals surface area (Å²) in [4.78, 5) is 12.8. The number of allylic oxidation sites excluding steroid dienone is 6. The topological polar surface area (TPSA) is 178 Å². The fourth-order valence-electron chi connectivity index (χ4n) is 6.41. The number of carbonyl (C=O) groups excluding carboxylic acids is 1. The molecule has 12 nitrogen and oxygen atoms in total. The predicted molar refractivity (Wildman–Crippen MR) is 220 cm³/mol. The Bertz CT molecular complexity index is 1130. The van der Waals surface area contributed by atoms with Crippen LogP contribution < -0.4 is 0 Å². The van der Waals surface area contributed by atoms with E-state index in [0.717, 1.165) is 77.0 Å². The van der Waals surface area contributed by atoms with Crippen molar-refractivity contribution < 1.29 is 56.2 Å². The van der Waals surface area contributed by atoms with Crippen LogP contribution in [0.2, 0.25) is 0 Å². The van der Waals surface area contributed by atoms with Gasteiger partial charge in [-0.05, 0) is 64.2 Å². The van der Waals surface area contributed by atoms with Gasteiger partial charge in [-0.25, -0.2) is 4.18 Å². The molecule has 6 unspecified atom stereocenters. The lowest BCUT2D eigenvalue weighted by Crippen LogP contribution is -2.60. The van der Waals surface area contributed by atoms with Gasteiger partial charge in [0.1, 0.15) is 30.5 Å². The Morgan fingerprint density at radius 1 is 0.679 bits per heavy atom. The fourth-order valence-corrected chi connectivity index (χ4v) is 6.92. The van der Waals surface area contributed by atoms with E-state index in [1.54, 1.807) is 0 Å². The summed E-state index contributed by atoms with van der Waals surface area (Å²) in [5.41, 5.74) is 0. The summed E-state index contributed by atoms with van der Waals surface area (Å²) in [6.45, 7) is 3.87. The summed E-state index contributed by atoms with van der Waals surface area (Å²) in [6, 6.07) is 0. The molecule has 0 aromatic carbocycles. The van der Waals surface area contributed by atoms with Gasteiger partial charge in [0, 0.05) is 13.0 Å². The van der Waals surface area contributed by atoms with Crippen molar-refractivity contribution in [2.24, 2.45) is 0 Å². The van der Waals surface area contributed by atoms with Gasteiger partial charge in [-0.3, -0.25) is 9.35 Å². The largest absolute Gasteiger partial charge is 0.457 e. The first-order valence-electron chi connectivity index (χ1n) is 21.7. The molecule has 6 atom stereocenters. The molecule has 0 aromatic rings. The molecule has 0 aliphatic carbocycles. The highest BCUT2D eigenvalue weighted by Crippen LogP contribution is 2.26. The van der Waals surface area contributed by atoms with Crippen molar-refractivity contribution in [3.05, 3.63) is 36.5 Å². The molecule has 1 heterocycles. The minimum Gasteiger partial charge on any atom is -0.457 e. The van der Waals surface area contributed by atoms with Gasteiger partial charge in [0.15, 0.2) is 6.29 Å². The summed E-state index contributed by atoms with van der Waals surface area (Å²) in [6.07, 6.45) is 30.5. The maximum absolute atomic E-state index is 12.8. The smallest absolute Gasteiger partial charge is 0.397 e. The lowest BCUT2D eigenvalue weighted by molar-refractivity contribution is -0.301. The van der Waals surface area contributed by atoms with Crippen LogP contribution in [0.3, 0.4) is 0 Å². The molecule has 56 heavy (non-hydrogen) atoms. The molecule has 4 N–H and O–H groups in total. The van der Waals surface area contributed by atoms with Crippen LogP contribution in [-0.2, 0) is 38.3 Å². The maximum atomic E-state index is 12.8. The predicted octanol–water partition coefficient (Wildman–Crippen LogP) is 8.63. The van der Waals surface area contributed by atoms with Crippen molar-refractivity contribution in [3.63, 3.8) is 0 Å². The number of hydrogen-bond donors (Lipinski definition) is 4. The van der Waals surface area contributed by atoms with Crippen LogP contribution in [0.4, 0.5) is 0 Å². The average Bonchev–Trinajstić information content (AvgIpc) is 3.17. The van der Waals surface area contributed by atoms with Crippen molar-refractivity contribution in [1.29, 1.82) is 0 Å². The number of esters is 1. The zero-order chi connectivity index (χ0) is 41.1. The van der Waals surface area contributed by atoms with E-state index in [1.165, 1.54) is 64.2 Å². The van der Waals surface area contributed by atoms with Crippen LogP contribution in [0.25, 0.3) is 0 Å². The van der Waals surface area contributed by atoms with Crippen LogP contribution in [0, 0.1) is 0 Å². The Morgan fingerprint density at radius 3 is 1.79 bits per heavy atom. The molecule has 0 spiro atoms. The second kappa shape index (κ2) is 35.3. The zero-order valence-corrected chi connectivity index (χ0v) is 35.5. The molecule has 0 saturated carbocycles. The van der Waals surface area contributed by atoms with E-state index >= 15 is 0 Å². The number of aliphatic hydroxyl groups excluding tert-OH is 3. The molecule has 1 aliphatic heterocycles. The molecular weight excluding hydrogens is 741 g/mol. The highest BCUT2D eigenvalue weighted by Gasteiger charge is 2.48. The zero-order valence-electron chi connectivity index (χ0n) is 34.7. The summed E-state index contributed by atoms with van der Waals surface area (Å²) in [5, 5.41) is 30.6. The Morgan fingerprint density at radius 2 is 1.21 bits per heavy atom. The molecule has 1 fully saturated rings. The highest BCUT2D eigenvalue weighted by molar-refractivity contribution is 7.80. The molecule has 13 heteroatoms. The van der Waals surface area contributed by atoms with E-state index in [0.29, 0.717) is 13.0 Å². The van der Waals surface area contributed by atoms with Crippen molar-refractivity contribution in [2.75, 3.05) is 26.4 Å². The molecule has 328 valence electrons. The molecule has 0 radical (unpaired) electrons. The standard InChI is InChI=1S/C43H78O12S/c1-3-5-7-9-11-13-15-16-17-18-19-20-21-22-23-25-27-29-31-33-51-35-37(53-39(45)32-30-28-26-24-14-12-10-8-6-4-2)36-52-43-41(47)42(55-56(48,49)50)40(46)38(34-44)54-43/h8,10,13,15,17-18,37-38,40-44,46-47H,3-7,9,11-12,14,16,19-36H2,1-2H3,(H,48,49,50)/b10-8-,15-13-,18-17-. The first-order chi connectivity index (χ1) is 27.1. The Balaban J connectivity index is 2.41. The summed E-state index contributed by atoms with van der Waals surface area (Å²) in [5.74, 6) is -0.414. The van der Waals surface area contributed by atoms with E-state index in [-0.39, 0.29) is 19.6 Å². The Labute approximate surface area is 339 Å². The van der Waals surface area contributed by atoms with E-state index in [1.807, 2.05) is 0 Å². The third-order valence-electron chi connectivity index (χ3n) is 9.72. The molecule has 0 aromatic heterocycles. The van der Waals surface area contributed by atoms with Gasteiger partial charge in [-0.2, -0.15) is 8.42 Å². The van der Waals surface area contributed by atoms with Gasteiger partial charge in [0.2, 0.25) is 0 Å². The third-order valence-corrected chi connectivity index (χ3v) is 10.2. The van der Waals surface area contributed by atoms with Crippen LogP contribution in [0.1, 0.15) is 168 Å². The minimum atomic E-state index is -5.06. The van der Waals surface area contributed by atoms with Crippen LogP contribution in [0.15, 0.2) is 36.5 Å². The van der Waals surface area contributed by atoms with Gasteiger partial charge in [0.25, 0.3) is 0 Å². The van der Waals surface area contributed by atoms with E-state index in [9.17, 15) is 28.5 Å². The van der Waals surface area contributed by atoms with E-state index < -0.39 is 59.8 Å². The van der Waals surface area contributed by atoms with Crippen LogP contribution in [0.5, 0.6) is 0 Å². The number of ether oxygens (including phenoxy) is 4. The van der Waals surface area contributed by atoms with Gasteiger partial charge < -0.3 is 34.3 Å². The van der Waals surface area contributed by atoms with Crippen LogP contribution >= 0.6 is 0 Å². The number of hydrogen-bond acceptors (Lipinski definition) is 11. The lowest BCUT2D eigenvalue weighted by Gasteiger charge is -2.41. The Kier molecular flexibility index (Phi) is 33.0. The molecule has 0 bridgehead atoms. The van der Waals surface area contributed by atoms with Crippen molar-refractivity contribution in [1.82, 2.24) is 0 Å². The molecule has 0 amide bonds. The van der Waals surface area contributed by atoms with Crippen LogP contribution in [-0.4, -0.2) is 97.5 Å².